The molecule has 0 heterocycles. The normalized spacial score (nSPS) is 10.6. The van der Waals surface area contributed by atoms with Crippen LogP contribution in [0.2, 0.25) is 0 Å². The van der Waals surface area contributed by atoms with Crippen LogP contribution in [0, 0.1) is 5.92 Å². The van der Waals surface area contributed by atoms with E-state index in [0.29, 0.717) is 11.5 Å². The molecule has 0 aliphatic carbocycles. The quantitative estimate of drug-likeness (QED) is 0.731. The number of carboxylic acid groups (broad SMARTS) is 1. The Labute approximate surface area is 109 Å². The minimum absolute atomic E-state index is 0.333. The summed E-state index contributed by atoms with van der Waals surface area (Å²) in [7, 11) is 0. The van der Waals surface area contributed by atoms with Gasteiger partial charge in [-0.25, -0.2) is 4.79 Å². The molecule has 100 valence electrons. The predicted octanol–water partition coefficient (Wildman–Crippen LogP) is 4.01. The lowest BCUT2D eigenvalue weighted by Gasteiger charge is -2.16. The zero-order valence-corrected chi connectivity index (χ0v) is 11.3. The molecule has 0 aliphatic heterocycles. The number of carboxylic acids is 1. The highest BCUT2D eigenvalue weighted by molar-refractivity contribution is 5.87. The zero-order valence-electron chi connectivity index (χ0n) is 11.3. The van der Waals surface area contributed by atoms with Gasteiger partial charge in [0.2, 0.25) is 0 Å². The van der Waals surface area contributed by atoms with Crippen LogP contribution in [0.3, 0.4) is 0 Å². The number of hydrogen-bond donors (Lipinski definition) is 2. The molecule has 0 fully saturated rings. The van der Waals surface area contributed by atoms with Crippen molar-refractivity contribution in [2.45, 2.75) is 39.5 Å². The Morgan fingerprint density at radius 2 is 1.72 bits per heavy atom. The number of carbonyl (C=O) groups is 1. The highest BCUT2D eigenvalue weighted by Gasteiger charge is 2.07. The summed E-state index contributed by atoms with van der Waals surface area (Å²) in [5, 5.41) is 12.2. The van der Waals surface area contributed by atoms with Gasteiger partial charge in [-0.15, -0.1) is 0 Å². The summed E-state index contributed by atoms with van der Waals surface area (Å²) in [4.78, 5) is 10.7. The average Bonchev–Trinajstić information content (AvgIpc) is 2.37. The molecule has 3 nitrogen and oxygen atoms in total. The lowest BCUT2D eigenvalue weighted by molar-refractivity contribution is 0.0697. The SMILES string of the molecule is CCCC(CCC)CNc1ccc(C(=O)O)cc1. The van der Waals surface area contributed by atoms with Gasteiger partial charge in [-0.05, 0) is 43.0 Å². The molecule has 0 atom stereocenters. The first-order valence-electron chi connectivity index (χ1n) is 6.74. The van der Waals surface area contributed by atoms with Crippen LogP contribution in [-0.4, -0.2) is 17.6 Å². The van der Waals surface area contributed by atoms with E-state index < -0.39 is 5.97 Å². The maximum Gasteiger partial charge on any atom is 0.335 e. The summed E-state index contributed by atoms with van der Waals surface area (Å²) in [6, 6.07) is 6.94. The van der Waals surface area contributed by atoms with Crippen molar-refractivity contribution in [3.05, 3.63) is 29.8 Å². The third-order valence-electron chi connectivity index (χ3n) is 3.12. The third-order valence-corrected chi connectivity index (χ3v) is 3.12. The number of benzene rings is 1. The van der Waals surface area contributed by atoms with E-state index >= 15 is 0 Å². The molecule has 1 aromatic carbocycles. The second-order valence-electron chi connectivity index (χ2n) is 4.71. The van der Waals surface area contributed by atoms with E-state index in [4.69, 9.17) is 5.11 Å². The van der Waals surface area contributed by atoms with Crippen molar-refractivity contribution in [1.29, 1.82) is 0 Å². The number of hydrogen-bond acceptors (Lipinski definition) is 2. The Bertz CT molecular complexity index is 353. The van der Waals surface area contributed by atoms with Crippen molar-refractivity contribution in [1.82, 2.24) is 0 Å². The van der Waals surface area contributed by atoms with Gasteiger partial charge in [0.25, 0.3) is 0 Å². The molecule has 18 heavy (non-hydrogen) atoms. The van der Waals surface area contributed by atoms with Gasteiger partial charge >= 0.3 is 5.97 Å². The van der Waals surface area contributed by atoms with Crippen LogP contribution in [0.1, 0.15) is 49.9 Å². The van der Waals surface area contributed by atoms with Crippen LogP contribution in [-0.2, 0) is 0 Å². The number of anilines is 1. The first kappa shape index (κ1) is 14.6. The molecule has 2 N–H and O–H groups in total. The second-order valence-corrected chi connectivity index (χ2v) is 4.71. The maximum atomic E-state index is 10.7. The molecule has 0 amide bonds. The smallest absolute Gasteiger partial charge is 0.335 e. The van der Waals surface area contributed by atoms with Crippen LogP contribution < -0.4 is 5.32 Å². The fourth-order valence-corrected chi connectivity index (χ4v) is 2.16. The van der Waals surface area contributed by atoms with E-state index in [9.17, 15) is 4.79 Å². The molecule has 3 heteroatoms. The van der Waals surface area contributed by atoms with Crippen LogP contribution >= 0.6 is 0 Å². The van der Waals surface area contributed by atoms with Crippen LogP contribution in [0.5, 0.6) is 0 Å². The fourth-order valence-electron chi connectivity index (χ4n) is 2.16. The summed E-state index contributed by atoms with van der Waals surface area (Å²) in [6.07, 6.45) is 4.91. The molecule has 0 aliphatic rings. The third kappa shape index (κ3) is 4.78. The van der Waals surface area contributed by atoms with Crippen LogP contribution in [0.4, 0.5) is 5.69 Å². The number of rotatable bonds is 8. The van der Waals surface area contributed by atoms with Gasteiger partial charge in [0, 0.05) is 12.2 Å². The predicted molar refractivity (Wildman–Crippen MR) is 75.2 cm³/mol. The Kier molecular flexibility index (Phi) is 6.26. The van der Waals surface area contributed by atoms with E-state index in [1.807, 2.05) is 12.1 Å². The molecular weight excluding hydrogens is 226 g/mol. The summed E-state index contributed by atoms with van der Waals surface area (Å²) in [5.74, 6) is -0.171. The van der Waals surface area contributed by atoms with E-state index in [2.05, 4.69) is 19.2 Å². The highest BCUT2D eigenvalue weighted by Crippen LogP contribution is 2.16. The molecule has 0 unspecified atom stereocenters. The Morgan fingerprint density at radius 3 is 2.17 bits per heavy atom. The number of nitrogens with one attached hydrogen (secondary N) is 1. The summed E-state index contributed by atoms with van der Waals surface area (Å²) >= 11 is 0. The van der Waals surface area contributed by atoms with Crippen molar-refractivity contribution in [2.24, 2.45) is 5.92 Å². The van der Waals surface area contributed by atoms with Gasteiger partial charge in [-0.2, -0.15) is 0 Å². The highest BCUT2D eigenvalue weighted by atomic mass is 16.4. The van der Waals surface area contributed by atoms with Crippen LogP contribution in [0.25, 0.3) is 0 Å². The van der Waals surface area contributed by atoms with E-state index in [0.717, 1.165) is 12.2 Å². The number of aromatic carboxylic acids is 1. The monoisotopic (exact) mass is 249 g/mol. The standard InChI is InChI=1S/C15H23NO2/c1-3-5-12(6-4-2)11-16-14-9-7-13(8-10-14)15(17)18/h7-10,12,16H,3-6,11H2,1-2H3,(H,17,18). The molecule has 1 aromatic rings. The minimum Gasteiger partial charge on any atom is -0.478 e. The van der Waals surface area contributed by atoms with E-state index in [-0.39, 0.29) is 0 Å². The molecule has 1 rings (SSSR count). The van der Waals surface area contributed by atoms with Crippen molar-refractivity contribution in [3.63, 3.8) is 0 Å². The Morgan fingerprint density at radius 1 is 1.17 bits per heavy atom. The van der Waals surface area contributed by atoms with Gasteiger partial charge in [-0.3, -0.25) is 0 Å². The minimum atomic E-state index is -0.878. The summed E-state index contributed by atoms with van der Waals surface area (Å²) in [5.41, 5.74) is 1.33. The van der Waals surface area contributed by atoms with Crippen molar-refractivity contribution in [2.75, 3.05) is 11.9 Å². The molecule has 0 saturated carbocycles. The van der Waals surface area contributed by atoms with Gasteiger partial charge in [0.05, 0.1) is 5.56 Å². The first-order chi connectivity index (χ1) is 8.67. The van der Waals surface area contributed by atoms with Gasteiger partial charge in [0.15, 0.2) is 0 Å². The van der Waals surface area contributed by atoms with Gasteiger partial charge in [-0.1, -0.05) is 26.7 Å². The molecule has 0 bridgehead atoms. The Hall–Kier alpha value is -1.51. The van der Waals surface area contributed by atoms with Gasteiger partial charge in [0.1, 0.15) is 0 Å². The first-order valence-corrected chi connectivity index (χ1v) is 6.74. The summed E-state index contributed by atoms with van der Waals surface area (Å²) < 4.78 is 0. The maximum absolute atomic E-state index is 10.7. The fraction of sp³-hybridized carbons (Fsp3) is 0.533. The molecular formula is C15H23NO2. The molecule has 0 spiro atoms. The van der Waals surface area contributed by atoms with E-state index in [1.165, 1.54) is 25.7 Å². The molecule has 0 radical (unpaired) electrons. The topological polar surface area (TPSA) is 49.3 Å². The summed E-state index contributed by atoms with van der Waals surface area (Å²) in [6.45, 7) is 5.39. The lowest BCUT2D eigenvalue weighted by Crippen LogP contribution is -2.14. The average molecular weight is 249 g/mol. The zero-order chi connectivity index (χ0) is 13.4. The van der Waals surface area contributed by atoms with E-state index in [1.54, 1.807) is 12.1 Å². The Balaban J connectivity index is 2.48. The second kappa shape index (κ2) is 7.75. The van der Waals surface area contributed by atoms with Crippen molar-refractivity contribution >= 4 is 11.7 Å². The largest absolute Gasteiger partial charge is 0.478 e. The van der Waals surface area contributed by atoms with Crippen LogP contribution in [0.15, 0.2) is 24.3 Å². The molecule has 0 aromatic heterocycles. The molecule has 0 saturated heterocycles. The van der Waals surface area contributed by atoms with Crippen molar-refractivity contribution < 1.29 is 9.90 Å². The lowest BCUT2D eigenvalue weighted by atomic mass is 9.98. The van der Waals surface area contributed by atoms with Gasteiger partial charge < -0.3 is 10.4 Å². The van der Waals surface area contributed by atoms with Crippen molar-refractivity contribution in [3.8, 4) is 0 Å².